The quantitative estimate of drug-likeness (QED) is 0.241. The largest absolute Gasteiger partial charge is 0.490 e. The number of nitrogens with zero attached hydrogens (tertiary/aromatic N) is 1. The van der Waals surface area contributed by atoms with Gasteiger partial charge in [0.2, 0.25) is 5.90 Å². The third-order valence-electron chi connectivity index (χ3n) is 4.60. The summed E-state index contributed by atoms with van der Waals surface area (Å²) < 4.78 is 17.5. The molecule has 0 fully saturated rings. The molecule has 156 valence electrons. The Balaban J connectivity index is 1.68. The number of halogens is 1. The number of ether oxygens (including phenoxy) is 3. The zero-order valence-electron chi connectivity index (χ0n) is 16.9. The van der Waals surface area contributed by atoms with Crippen LogP contribution in [-0.4, -0.2) is 25.1 Å². The Hall–Kier alpha value is -3.38. The molecule has 0 saturated heterocycles. The summed E-state index contributed by atoms with van der Waals surface area (Å²) in [7, 11) is 0. The number of fused-ring (bicyclic) bond motifs is 1. The minimum atomic E-state index is -0.496. The first-order valence-electron chi connectivity index (χ1n) is 9.81. The van der Waals surface area contributed by atoms with Gasteiger partial charge < -0.3 is 14.2 Å². The number of esters is 1. The molecule has 0 amide bonds. The zero-order chi connectivity index (χ0) is 21.8. The smallest absolute Gasteiger partial charge is 0.363 e. The molecule has 1 aliphatic heterocycles. The Morgan fingerprint density at radius 1 is 1.10 bits per heavy atom. The van der Waals surface area contributed by atoms with Crippen molar-refractivity contribution in [3.8, 4) is 11.5 Å². The molecule has 0 N–H and O–H groups in total. The molecule has 3 aromatic carbocycles. The SMILES string of the molecule is C=CCOc1c(Br)cc(/C=C2\N=C(c3ccc4ccccc4c3)OC2=O)cc1OCC. The number of rotatable bonds is 7. The van der Waals surface area contributed by atoms with Crippen LogP contribution in [0.15, 0.2) is 82.4 Å². The van der Waals surface area contributed by atoms with Crippen molar-refractivity contribution in [1.29, 1.82) is 0 Å². The molecule has 1 heterocycles. The molecule has 3 aromatic rings. The van der Waals surface area contributed by atoms with E-state index in [4.69, 9.17) is 14.2 Å². The summed E-state index contributed by atoms with van der Waals surface area (Å²) in [5.41, 5.74) is 1.70. The minimum absolute atomic E-state index is 0.220. The lowest BCUT2D eigenvalue weighted by atomic mass is 10.1. The third-order valence-corrected chi connectivity index (χ3v) is 5.19. The van der Waals surface area contributed by atoms with Gasteiger partial charge in [-0.2, -0.15) is 0 Å². The summed E-state index contributed by atoms with van der Waals surface area (Å²) in [5.74, 6) is 0.940. The monoisotopic (exact) mass is 477 g/mol. The highest BCUT2D eigenvalue weighted by atomic mass is 79.9. The van der Waals surface area contributed by atoms with Crippen molar-refractivity contribution in [3.05, 3.63) is 88.5 Å². The van der Waals surface area contributed by atoms with E-state index in [0.717, 1.165) is 21.9 Å². The van der Waals surface area contributed by atoms with Crippen LogP contribution in [0.2, 0.25) is 0 Å². The van der Waals surface area contributed by atoms with Crippen molar-refractivity contribution in [2.45, 2.75) is 6.92 Å². The van der Waals surface area contributed by atoms with Gasteiger partial charge in [-0.15, -0.1) is 0 Å². The molecule has 5 nitrogen and oxygen atoms in total. The molecule has 0 bridgehead atoms. The van der Waals surface area contributed by atoms with Crippen LogP contribution in [0.25, 0.3) is 16.8 Å². The average Bonchev–Trinajstić information content (AvgIpc) is 3.13. The van der Waals surface area contributed by atoms with Crippen LogP contribution in [0.5, 0.6) is 11.5 Å². The van der Waals surface area contributed by atoms with E-state index in [1.54, 1.807) is 18.2 Å². The second-order valence-electron chi connectivity index (χ2n) is 6.76. The number of cyclic esters (lactones) is 1. The summed E-state index contributed by atoms with van der Waals surface area (Å²) in [6.45, 7) is 6.39. The molecular formula is C25H20BrNO4. The Bertz CT molecular complexity index is 1230. The minimum Gasteiger partial charge on any atom is -0.490 e. The molecule has 6 heteroatoms. The van der Waals surface area contributed by atoms with Crippen molar-refractivity contribution < 1.29 is 19.0 Å². The highest BCUT2D eigenvalue weighted by molar-refractivity contribution is 9.10. The molecule has 1 aliphatic rings. The van der Waals surface area contributed by atoms with Gasteiger partial charge >= 0.3 is 5.97 Å². The molecule has 0 aliphatic carbocycles. The molecule has 0 radical (unpaired) electrons. The second-order valence-corrected chi connectivity index (χ2v) is 7.61. The molecule has 31 heavy (non-hydrogen) atoms. The normalized spacial score (nSPS) is 14.5. The molecule has 0 saturated carbocycles. The highest BCUT2D eigenvalue weighted by Gasteiger charge is 2.24. The summed E-state index contributed by atoms with van der Waals surface area (Å²) in [5, 5.41) is 2.16. The van der Waals surface area contributed by atoms with Crippen LogP contribution in [0.3, 0.4) is 0 Å². The van der Waals surface area contributed by atoms with Crippen LogP contribution >= 0.6 is 15.9 Å². The fraction of sp³-hybridized carbons (Fsp3) is 0.120. The van der Waals surface area contributed by atoms with Crippen LogP contribution < -0.4 is 9.47 Å². The van der Waals surface area contributed by atoms with Gasteiger partial charge in [-0.05, 0) is 69.5 Å². The van der Waals surface area contributed by atoms with Crippen LogP contribution in [-0.2, 0) is 9.53 Å². The summed E-state index contributed by atoms with van der Waals surface area (Å²) in [6.07, 6.45) is 3.33. The number of carbonyl (C=O) groups excluding carboxylic acids is 1. The maximum absolute atomic E-state index is 12.4. The van der Waals surface area contributed by atoms with Crippen molar-refractivity contribution >= 4 is 44.6 Å². The van der Waals surface area contributed by atoms with Gasteiger partial charge in [0.05, 0.1) is 11.1 Å². The average molecular weight is 478 g/mol. The lowest BCUT2D eigenvalue weighted by molar-refractivity contribution is -0.129. The first kappa shape index (κ1) is 20.9. The molecular weight excluding hydrogens is 458 g/mol. The fourth-order valence-corrected chi connectivity index (χ4v) is 3.80. The first-order valence-corrected chi connectivity index (χ1v) is 10.6. The number of hydrogen-bond donors (Lipinski definition) is 0. The predicted octanol–water partition coefficient (Wildman–Crippen LogP) is 5.91. The Kier molecular flexibility index (Phi) is 6.18. The standard InChI is InChI=1S/C25H20BrNO4/c1-3-11-30-23-20(26)12-16(14-22(23)29-4-2)13-21-25(28)31-24(27-21)19-10-9-17-7-5-6-8-18(17)15-19/h3,5-10,12-15H,1,4,11H2,2H3/b21-13-. The zero-order valence-corrected chi connectivity index (χ0v) is 18.5. The number of hydrogen-bond acceptors (Lipinski definition) is 5. The van der Waals surface area contributed by atoms with Gasteiger partial charge in [0, 0.05) is 5.56 Å². The van der Waals surface area contributed by atoms with Crippen molar-refractivity contribution in [2.75, 3.05) is 13.2 Å². The number of carbonyl (C=O) groups is 1. The lowest BCUT2D eigenvalue weighted by Crippen LogP contribution is -2.05. The highest BCUT2D eigenvalue weighted by Crippen LogP contribution is 2.38. The van der Waals surface area contributed by atoms with Gasteiger partial charge in [0.1, 0.15) is 6.61 Å². The van der Waals surface area contributed by atoms with E-state index in [1.165, 1.54) is 0 Å². The van der Waals surface area contributed by atoms with Crippen molar-refractivity contribution in [1.82, 2.24) is 0 Å². The van der Waals surface area contributed by atoms with Gasteiger partial charge in [0.25, 0.3) is 0 Å². The van der Waals surface area contributed by atoms with Crippen molar-refractivity contribution in [2.24, 2.45) is 4.99 Å². The summed E-state index contributed by atoms with van der Waals surface area (Å²) in [4.78, 5) is 16.9. The Labute approximate surface area is 188 Å². The van der Waals surface area contributed by atoms with E-state index in [-0.39, 0.29) is 11.6 Å². The van der Waals surface area contributed by atoms with Gasteiger partial charge in [0.15, 0.2) is 17.2 Å². The summed E-state index contributed by atoms with van der Waals surface area (Å²) in [6, 6.07) is 17.5. The van der Waals surface area contributed by atoms with E-state index in [9.17, 15) is 4.79 Å². The van der Waals surface area contributed by atoms with Crippen LogP contribution in [0, 0.1) is 0 Å². The van der Waals surface area contributed by atoms with Crippen LogP contribution in [0.4, 0.5) is 0 Å². The van der Waals surface area contributed by atoms with E-state index >= 15 is 0 Å². The topological polar surface area (TPSA) is 57.1 Å². The van der Waals surface area contributed by atoms with Crippen molar-refractivity contribution in [3.63, 3.8) is 0 Å². The van der Waals surface area contributed by atoms with E-state index in [0.29, 0.717) is 29.2 Å². The van der Waals surface area contributed by atoms with Gasteiger partial charge in [-0.25, -0.2) is 9.79 Å². The van der Waals surface area contributed by atoms with Crippen LogP contribution in [0.1, 0.15) is 18.1 Å². The van der Waals surface area contributed by atoms with Gasteiger partial charge in [-0.3, -0.25) is 0 Å². The lowest BCUT2D eigenvalue weighted by Gasteiger charge is -2.13. The summed E-state index contributed by atoms with van der Waals surface area (Å²) >= 11 is 3.51. The van der Waals surface area contributed by atoms with E-state index < -0.39 is 5.97 Å². The van der Waals surface area contributed by atoms with E-state index in [2.05, 4.69) is 27.5 Å². The maximum Gasteiger partial charge on any atom is 0.363 e. The van der Waals surface area contributed by atoms with E-state index in [1.807, 2.05) is 55.5 Å². The Morgan fingerprint density at radius 2 is 1.90 bits per heavy atom. The predicted molar refractivity (Wildman–Crippen MR) is 126 cm³/mol. The maximum atomic E-state index is 12.4. The fourth-order valence-electron chi connectivity index (χ4n) is 3.23. The molecule has 0 atom stereocenters. The third kappa shape index (κ3) is 4.54. The molecule has 0 unspecified atom stereocenters. The number of benzene rings is 3. The Morgan fingerprint density at radius 3 is 2.68 bits per heavy atom. The molecule has 4 rings (SSSR count). The number of aliphatic imine (C=N–C) groups is 1. The first-order chi connectivity index (χ1) is 15.1. The molecule has 0 aromatic heterocycles. The molecule has 0 spiro atoms. The van der Waals surface area contributed by atoms with Gasteiger partial charge in [-0.1, -0.05) is 43.0 Å². The second kappa shape index (κ2) is 9.18.